The van der Waals surface area contributed by atoms with Crippen LogP contribution in [0.2, 0.25) is 0 Å². The molecular weight excluding hydrogens is 336 g/mol. The molecule has 1 fully saturated rings. The number of esters is 2. The van der Waals surface area contributed by atoms with E-state index in [0.29, 0.717) is 16.4 Å². The van der Waals surface area contributed by atoms with E-state index in [2.05, 4.69) is 6.92 Å². The number of thioether (sulfide) groups is 1. The maximum absolute atomic E-state index is 12.3. The van der Waals surface area contributed by atoms with Crippen molar-refractivity contribution in [1.29, 1.82) is 0 Å². The molecule has 4 nitrogen and oxygen atoms in total. The molecule has 1 aliphatic rings. The molecule has 0 amide bonds. The number of carbonyl (C=O) groups is 2. The van der Waals surface area contributed by atoms with Crippen LogP contribution in [0.25, 0.3) is 0 Å². The van der Waals surface area contributed by atoms with Gasteiger partial charge in [-0.05, 0) is 30.7 Å². The quantitative estimate of drug-likeness (QED) is 0.759. The first-order valence-electron chi connectivity index (χ1n) is 8.27. The van der Waals surface area contributed by atoms with Crippen molar-refractivity contribution in [3.63, 3.8) is 0 Å². The molecule has 0 spiro atoms. The van der Waals surface area contributed by atoms with Crippen molar-refractivity contribution in [3.05, 3.63) is 71.8 Å². The van der Waals surface area contributed by atoms with Crippen LogP contribution in [0.5, 0.6) is 0 Å². The molecular formula is C20H20O4S. The molecule has 130 valence electrons. The highest BCUT2D eigenvalue weighted by Crippen LogP contribution is 2.36. The van der Waals surface area contributed by atoms with Crippen LogP contribution < -0.4 is 0 Å². The second-order valence-corrected chi connectivity index (χ2v) is 7.68. The first-order chi connectivity index (χ1) is 12.1. The van der Waals surface area contributed by atoms with Crippen molar-refractivity contribution < 1.29 is 19.1 Å². The van der Waals surface area contributed by atoms with Crippen LogP contribution in [0.15, 0.2) is 60.7 Å². The molecule has 0 aromatic heterocycles. The van der Waals surface area contributed by atoms with E-state index >= 15 is 0 Å². The molecule has 25 heavy (non-hydrogen) atoms. The lowest BCUT2D eigenvalue weighted by Gasteiger charge is -2.19. The van der Waals surface area contributed by atoms with Gasteiger partial charge in [0.2, 0.25) is 0 Å². The van der Waals surface area contributed by atoms with Crippen molar-refractivity contribution in [2.45, 2.75) is 29.9 Å². The third-order valence-electron chi connectivity index (χ3n) is 4.04. The molecule has 3 atom stereocenters. The van der Waals surface area contributed by atoms with Gasteiger partial charge in [0.25, 0.3) is 0 Å². The van der Waals surface area contributed by atoms with Crippen molar-refractivity contribution in [3.8, 4) is 0 Å². The average Bonchev–Trinajstić information content (AvgIpc) is 3.00. The van der Waals surface area contributed by atoms with E-state index in [0.717, 1.165) is 6.42 Å². The summed E-state index contributed by atoms with van der Waals surface area (Å²) < 4.78 is 11.1. The smallest absolute Gasteiger partial charge is 0.338 e. The second kappa shape index (κ2) is 8.21. The molecule has 1 heterocycles. The predicted molar refractivity (Wildman–Crippen MR) is 97.8 cm³/mol. The Hall–Kier alpha value is -2.27. The second-order valence-electron chi connectivity index (χ2n) is 6.00. The molecule has 1 aliphatic heterocycles. The Morgan fingerprint density at radius 3 is 2.12 bits per heavy atom. The molecule has 0 radical (unpaired) electrons. The number of hydrogen-bond donors (Lipinski definition) is 0. The SMILES string of the molecule is CC1C[C@H](OC(=O)c2ccccc2)[C@@H](COC(=O)c2ccccc2)S1. The summed E-state index contributed by atoms with van der Waals surface area (Å²) in [6.45, 7) is 2.32. The summed E-state index contributed by atoms with van der Waals surface area (Å²) in [5.41, 5.74) is 1.06. The summed E-state index contributed by atoms with van der Waals surface area (Å²) in [4.78, 5) is 24.4. The lowest BCUT2D eigenvalue weighted by molar-refractivity contribution is 0.0214. The first-order valence-corrected chi connectivity index (χ1v) is 9.21. The van der Waals surface area contributed by atoms with Gasteiger partial charge in [-0.3, -0.25) is 0 Å². The van der Waals surface area contributed by atoms with Gasteiger partial charge in [-0.2, -0.15) is 0 Å². The van der Waals surface area contributed by atoms with Crippen LogP contribution >= 0.6 is 11.8 Å². The number of rotatable bonds is 5. The number of ether oxygens (including phenoxy) is 2. The Bertz CT molecular complexity index is 717. The van der Waals surface area contributed by atoms with Gasteiger partial charge in [0, 0.05) is 5.25 Å². The largest absolute Gasteiger partial charge is 0.461 e. The summed E-state index contributed by atoms with van der Waals surface area (Å²) in [5, 5.41) is 0.310. The first kappa shape index (κ1) is 17.5. The number of carbonyl (C=O) groups excluding carboxylic acids is 2. The molecule has 2 aromatic rings. The Morgan fingerprint density at radius 2 is 1.52 bits per heavy atom. The summed E-state index contributed by atoms with van der Waals surface area (Å²) in [7, 11) is 0. The van der Waals surface area contributed by atoms with Crippen molar-refractivity contribution in [2.24, 2.45) is 0 Å². The van der Waals surface area contributed by atoms with E-state index in [1.165, 1.54) is 0 Å². The summed E-state index contributed by atoms with van der Waals surface area (Å²) in [6.07, 6.45) is 0.507. The molecule has 3 rings (SSSR count). The van der Waals surface area contributed by atoms with Gasteiger partial charge in [0.1, 0.15) is 12.7 Å². The zero-order chi connectivity index (χ0) is 17.6. The Balaban J connectivity index is 1.58. The minimum absolute atomic E-state index is 0.0460. The highest BCUT2D eigenvalue weighted by atomic mass is 32.2. The van der Waals surface area contributed by atoms with Gasteiger partial charge in [0.15, 0.2) is 0 Å². The lowest BCUT2D eigenvalue weighted by Crippen LogP contribution is -2.29. The minimum atomic E-state index is -0.353. The molecule has 0 aliphatic carbocycles. The van der Waals surface area contributed by atoms with Crippen LogP contribution in [0.1, 0.15) is 34.1 Å². The summed E-state index contributed by atoms with van der Waals surface area (Å²) in [6, 6.07) is 17.8. The zero-order valence-electron chi connectivity index (χ0n) is 14.0. The zero-order valence-corrected chi connectivity index (χ0v) is 14.8. The predicted octanol–water partition coefficient (Wildman–Crippen LogP) is 3.96. The molecule has 1 unspecified atom stereocenters. The standard InChI is InChI=1S/C20H20O4S/c1-14-12-17(24-20(22)16-10-6-3-7-11-16)18(25-14)13-23-19(21)15-8-4-2-5-9-15/h2-11,14,17-18H,12-13H2,1H3/t14?,17-,18+/m0/s1. The van der Waals surface area contributed by atoms with E-state index in [1.54, 1.807) is 48.2 Å². The van der Waals surface area contributed by atoms with Crippen LogP contribution in [0.3, 0.4) is 0 Å². The third-order valence-corrected chi connectivity index (χ3v) is 5.49. The fourth-order valence-corrected chi connectivity index (χ4v) is 4.17. The maximum Gasteiger partial charge on any atom is 0.338 e. The van der Waals surface area contributed by atoms with E-state index in [4.69, 9.17) is 9.47 Å². The summed E-state index contributed by atoms with van der Waals surface area (Å²) in [5.74, 6) is -0.687. The molecule has 2 aromatic carbocycles. The van der Waals surface area contributed by atoms with Gasteiger partial charge >= 0.3 is 11.9 Å². The highest BCUT2D eigenvalue weighted by Gasteiger charge is 2.36. The number of hydrogen-bond acceptors (Lipinski definition) is 5. The summed E-state index contributed by atoms with van der Waals surface area (Å²) >= 11 is 1.69. The van der Waals surface area contributed by atoms with Crippen LogP contribution in [0, 0.1) is 0 Å². The van der Waals surface area contributed by atoms with Gasteiger partial charge in [-0.25, -0.2) is 9.59 Å². The van der Waals surface area contributed by atoms with E-state index in [1.807, 2.05) is 24.3 Å². The van der Waals surface area contributed by atoms with Crippen molar-refractivity contribution >= 4 is 23.7 Å². The van der Waals surface area contributed by atoms with Crippen molar-refractivity contribution in [1.82, 2.24) is 0 Å². The topological polar surface area (TPSA) is 52.6 Å². The Labute approximate surface area is 151 Å². The molecule has 5 heteroatoms. The normalized spacial score (nSPS) is 22.4. The maximum atomic E-state index is 12.3. The minimum Gasteiger partial charge on any atom is -0.461 e. The van der Waals surface area contributed by atoms with Crippen LogP contribution in [0.4, 0.5) is 0 Å². The third kappa shape index (κ3) is 4.63. The van der Waals surface area contributed by atoms with Crippen LogP contribution in [-0.2, 0) is 9.47 Å². The van der Waals surface area contributed by atoms with E-state index in [-0.39, 0.29) is 29.9 Å². The Kier molecular flexibility index (Phi) is 5.76. The van der Waals surface area contributed by atoms with Gasteiger partial charge in [0.05, 0.1) is 16.4 Å². The van der Waals surface area contributed by atoms with E-state index in [9.17, 15) is 9.59 Å². The fraction of sp³-hybridized carbons (Fsp3) is 0.300. The van der Waals surface area contributed by atoms with E-state index < -0.39 is 0 Å². The average molecular weight is 356 g/mol. The fourth-order valence-electron chi connectivity index (χ4n) is 2.79. The Morgan fingerprint density at radius 1 is 0.960 bits per heavy atom. The molecule has 0 saturated carbocycles. The van der Waals surface area contributed by atoms with Crippen molar-refractivity contribution in [2.75, 3.05) is 6.61 Å². The van der Waals surface area contributed by atoms with Gasteiger partial charge in [-0.15, -0.1) is 11.8 Å². The highest BCUT2D eigenvalue weighted by molar-refractivity contribution is 8.00. The van der Waals surface area contributed by atoms with Gasteiger partial charge < -0.3 is 9.47 Å². The molecule has 0 N–H and O–H groups in total. The lowest BCUT2D eigenvalue weighted by atomic mass is 10.1. The molecule has 0 bridgehead atoms. The van der Waals surface area contributed by atoms with Crippen LogP contribution in [-0.4, -0.2) is 35.1 Å². The number of benzene rings is 2. The molecule has 1 saturated heterocycles. The van der Waals surface area contributed by atoms with Gasteiger partial charge in [-0.1, -0.05) is 43.3 Å². The monoisotopic (exact) mass is 356 g/mol.